The predicted octanol–water partition coefficient (Wildman–Crippen LogP) is 1.49. The van der Waals surface area contributed by atoms with E-state index in [0.717, 1.165) is 41.9 Å². The highest BCUT2D eigenvalue weighted by Gasteiger charge is 2.58. The van der Waals surface area contributed by atoms with Gasteiger partial charge in [0, 0.05) is 28.2 Å². The van der Waals surface area contributed by atoms with Crippen LogP contribution >= 0.6 is 0 Å². The van der Waals surface area contributed by atoms with Crippen LogP contribution in [0.25, 0.3) is 0 Å². The van der Waals surface area contributed by atoms with Crippen molar-refractivity contribution >= 4 is 41.5 Å². The molecule has 0 bridgehead atoms. The minimum absolute atomic E-state index is 0.00448. The zero-order valence-corrected chi connectivity index (χ0v) is 23.2. The van der Waals surface area contributed by atoms with Crippen molar-refractivity contribution in [3.63, 3.8) is 0 Å². The third-order valence-electron chi connectivity index (χ3n) is 9.79. The average Bonchev–Trinajstić information content (AvgIpc) is 3.24. The van der Waals surface area contributed by atoms with Crippen molar-refractivity contribution in [2.45, 2.75) is 52.4 Å². The molecule has 0 saturated carbocycles. The summed E-state index contributed by atoms with van der Waals surface area (Å²) < 4.78 is 0. The maximum atomic E-state index is 13.9. The van der Waals surface area contributed by atoms with Gasteiger partial charge in [0.25, 0.3) is 0 Å². The first-order valence-electron chi connectivity index (χ1n) is 13.3. The lowest BCUT2D eigenvalue weighted by molar-refractivity contribution is -0.157. The number of carbonyl (C=O) groups is 7. The fourth-order valence-electron chi connectivity index (χ4n) is 7.32. The Morgan fingerprint density at radius 1 is 0.538 bits per heavy atom. The molecule has 0 aromatic heterocycles. The molecule has 0 spiro atoms. The number of amides is 8. The molecular formula is C28H34N4O7. The highest BCUT2D eigenvalue weighted by Crippen LogP contribution is 2.50. The summed E-state index contributed by atoms with van der Waals surface area (Å²) >= 11 is 0. The van der Waals surface area contributed by atoms with Crippen LogP contribution in [-0.2, 0) is 28.8 Å². The number of hydrogen-bond donors (Lipinski definition) is 0. The first kappa shape index (κ1) is 27.0. The van der Waals surface area contributed by atoms with Crippen LogP contribution in [0.1, 0.15) is 52.4 Å². The van der Waals surface area contributed by atoms with Gasteiger partial charge in [0.05, 0.1) is 23.7 Å². The van der Waals surface area contributed by atoms with Gasteiger partial charge in [-0.3, -0.25) is 48.4 Å². The molecule has 4 atom stereocenters. The molecule has 11 nitrogen and oxygen atoms in total. The molecule has 39 heavy (non-hydrogen) atoms. The normalized spacial score (nSPS) is 31.3. The quantitative estimate of drug-likeness (QED) is 0.301. The predicted molar refractivity (Wildman–Crippen MR) is 136 cm³/mol. The molecule has 208 valence electrons. The van der Waals surface area contributed by atoms with Crippen LogP contribution in [0.3, 0.4) is 0 Å². The molecular weight excluding hydrogens is 504 g/mol. The number of imide groups is 4. The number of carbonyl (C=O) groups excluding carboxylic acids is 7. The van der Waals surface area contributed by atoms with Gasteiger partial charge in [-0.05, 0) is 52.4 Å². The van der Waals surface area contributed by atoms with Gasteiger partial charge in [-0.15, -0.1) is 0 Å². The van der Waals surface area contributed by atoms with Gasteiger partial charge in [0.2, 0.25) is 35.4 Å². The Balaban J connectivity index is 1.54. The van der Waals surface area contributed by atoms with Crippen LogP contribution in [0.15, 0.2) is 22.3 Å². The molecule has 8 amide bonds. The average molecular weight is 539 g/mol. The number of urea groups is 1. The van der Waals surface area contributed by atoms with Crippen molar-refractivity contribution in [2.24, 2.45) is 29.1 Å². The van der Waals surface area contributed by atoms with Crippen LogP contribution in [-0.4, -0.2) is 89.3 Å². The summed E-state index contributed by atoms with van der Waals surface area (Å²) in [5.74, 6) is -4.20. The van der Waals surface area contributed by atoms with E-state index in [0.29, 0.717) is 12.8 Å². The lowest BCUT2D eigenvalue weighted by atomic mass is 9.65. The Labute approximate surface area is 226 Å². The SMILES string of the molecule is CC1=C(CC2(CC3=C(C)C[C@@H]4C(=O)N(C)C(=O)[C@@H]4C3)C(=O)N(C)C(=O)N(C)C2=O)C[C@@H]2C(=O)N(C)C(=O)[C@@H]2C1. The molecule has 3 fully saturated rings. The molecule has 3 heterocycles. The molecule has 5 aliphatic rings. The van der Waals surface area contributed by atoms with Gasteiger partial charge in [-0.2, -0.15) is 0 Å². The van der Waals surface area contributed by atoms with E-state index in [1.165, 1.54) is 28.2 Å². The monoisotopic (exact) mass is 538 g/mol. The number of fused-ring (bicyclic) bond motifs is 2. The van der Waals surface area contributed by atoms with E-state index in [2.05, 4.69) is 0 Å². The van der Waals surface area contributed by atoms with Crippen molar-refractivity contribution < 1.29 is 33.6 Å². The molecule has 0 N–H and O–H groups in total. The van der Waals surface area contributed by atoms with E-state index in [9.17, 15) is 33.6 Å². The van der Waals surface area contributed by atoms with Crippen molar-refractivity contribution in [1.29, 1.82) is 0 Å². The fourth-order valence-corrected chi connectivity index (χ4v) is 7.32. The highest BCUT2D eigenvalue weighted by molar-refractivity contribution is 6.19. The number of likely N-dealkylation sites (tertiary alicyclic amines) is 2. The Hall–Kier alpha value is -3.63. The first-order chi connectivity index (χ1) is 18.2. The molecule has 11 heteroatoms. The van der Waals surface area contributed by atoms with E-state index < -0.39 is 46.9 Å². The number of nitrogens with zero attached hydrogens (tertiary/aromatic N) is 4. The number of rotatable bonds is 4. The summed E-state index contributed by atoms with van der Waals surface area (Å²) in [6.45, 7) is 3.72. The van der Waals surface area contributed by atoms with Gasteiger partial charge in [-0.25, -0.2) is 4.79 Å². The summed E-state index contributed by atoms with van der Waals surface area (Å²) in [4.78, 5) is 95.6. The second kappa shape index (κ2) is 8.96. The lowest BCUT2D eigenvalue weighted by Gasteiger charge is -2.44. The van der Waals surface area contributed by atoms with Crippen molar-refractivity contribution in [1.82, 2.24) is 19.6 Å². The Kier molecular flexibility index (Phi) is 6.19. The second-order valence-corrected chi connectivity index (χ2v) is 11.9. The van der Waals surface area contributed by atoms with E-state index in [4.69, 9.17) is 0 Å². The van der Waals surface area contributed by atoms with Crippen molar-refractivity contribution in [2.75, 3.05) is 28.2 Å². The number of allylic oxidation sites excluding steroid dienone is 4. The van der Waals surface area contributed by atoms with Crippen LogP contribution in [0.4, 0.5) is 4.79 Å². The van der Waals surface area contributed by atoms with Gasteiger partial charge in [-0.1, -0.05) is 22.3 Å². The third-order valence-corrected chi connectivity index (χ3v) is 9.79. The van der Waals surface area contributed by atoms with E-state index in [1.807, 2.05) is 13.8 Å². The Bertz CT molecular complexity index is 1230. The van der Waals surface area contributed by atoms with E-state index in [-0.39, 0.29) is 49.3 Å². The fraction of sp³-hybridized carbons (Fsp3) is 0.607. The van der Waals surface area contributed by atoms with Crippen LogP contribution in [0.2, 0.25) is 0 Å². The zero-order chi connectivity index (χ0) is 28.7. The topological polar surface area (TPSA) is 132 Å². The molecule has 0 aromatic carbocycles. The smallest absolute Gasteiger partial charge is 0.285 e. The van der Waals surface area contributed by atoms with Crippen LogP contribution in [0.5, 0.6) is 0 Å². The molecule has 3 saturated heterocycles. The molecule has 2 aliphatic carbocycles. The van der Waals surface area contributed by atoms with Crippen LogP contribution in [0, 0.1) is 29.1 Å². The van der Waals surface area contributed by atoms with E-state index >= 15 is 0 Å². The third kappa shape index (κ3) is 3.72. The Morgan fingerprint density at radius 3 is 1.18 bits per heavy atom. The lowest BCUT2D eigenvalue weighted by Crippen LogP contribution is -2.63. The first-order valence-corrected chi connectivity index (χ1v) is 13.3. The summed E-state index contributed by atoms with van der Waals surface area (Å²) in [6, 6.07) is -0.721. The summed E-state index contributed by atoms with van der Waals surface area (Å²) in [5.41, 5.74) is 1.61. The summed E-state index contributed by atoms with van der Waals surface area (Å²) in [6.07, 6.45) is 1.26. The minimum Gasteiger partial charge on any atom is -0.285 e. The minimum atomic E-state index is -1.65. The maximum absolute atomic E-state index is 13.9. The molecule has 0 radical (unpaired) electrons. The molecule has 0 aromatic rings. The largest absolute Gasteiger partial charge is 0.332 e. The second-order valence-electron chi connectivity index (χ2n) is 11.9. The zero-order valence-electron chi connectivity index (χ0n) is 23.2. The molecule has 0 unspecified atom stereocenters. The van der Waals surface area contributed by atoms with Gasteiger partial charge < -0.3 is 0 Å². The van der Waals surface area contributed by atoms with Gasteiger partial charge in [0.1, 0.15) is 5.41 Å². The molecule has 5 rings (SSSR count). The standard InChI is InChI=1S/C28H34N4O7/c1-13-7-17-19(23(35)29(3)21(17)33)9-15(13)11-28(25(37)31(5)27(39)32(6)26(28)38)12-16-10-20-18(8-14(16)2)22(34)30(4)24(20)36/h17-20H,7-12H2,1-6H3/t17-,18+,19+,20-. The maximum Gasteiger partial charge on any atom is 0.332 e. The molecule has 3 aliphatic heterocycles. The number of barbiturate groups is 1. The number of hydrogen-bond acceptors (Lipinski definition) is 7. The van der Waals surface area contributed by atoms with E-state index in [1.54, 1.807) is 0 Å². The summed E-state index contributed by atoms with van der Waals surface area (Å²) in [7, 11) is 5.64. The van der Waals surface area contributed by atoms with Crippen molar-refractivity contribution in [3.8, 4) is 0 Å². The van der Waals surface area contributed by atoms with Gasteiger partial charge in [0.15, 0.2) is 0 Å². The highest BCUT2D eigenvalue weighted by atomic mass is 16.2. The Morgan fingerprint density at radius 2 is 0.846 bits per heavy atom. The summed E-state index contributed by atoms with van der Waals surface area (Å²) in [5, 5.41) is 0. The van der Waals surface area contributed by atoms with Crippen LogP contribution < -0.4 is 0 Å². The van der Waals surface area contributed by atoms with Crippen molar-refractivity contribution in [3.05, 3.63) is 22.3 Å². The van der Waals surface area contributed by atoms with Gasteiger partial charge >= 0.3 is 6.03 Å².